The highest BCUT2D eigenvalue weighted by Gasteiger charge is 2.09. The molecule has 0 aromatic heterocycles. The molecule has 0 fully saturated rings. The third kappa shape index (κ3) is 4.54. The Labute approximate surface area is 126 Å². The molecule has 1 atom stereocenters. The first kappa shape index (κ1) is 14.9. The summed E-state index contributed by atoms with van der Waals surface area (Å²) in [6, 6.07) is 20.0. The average molecular weight is 280 g/mol. The fourth-order valence-corrected chi connectivity index (χ4v) is 2.03. The van der Waals surface area contributed by atoms with Crippen LogP contribution in [-0.2, 0) is 0 Å². The molecule has 2 aromatic carbocycles. The van der Waals surface area contributed by atoms with E-state index in [0.29, 0.717) is 6.54 Å². The molecule has 21 heavy (non-hydrogen) atoms. The largest absolute Gasteiger partial charge is 0.494 e. The van der Waals surface area contributed by atoms with Gasteiger partial charge in [0.2, 0.25) is 0 Å². The van der Waals surface area contributed by atoms with Crippen molar-refractivity contribution in [3.05, 3.63) is 60.2 Å². The summed E-state index contributed by atoms with van der Waals surface area (Å²) in [5.74, 6) is 0.726. The maximum Gasteiger partial charge on any atom is 0.119 e. The molecule has 0 bridgehead atoms. The minimum Gasteiger partial charge on any atom is -0.494 e. The molecule has 0 spiro atoms. The van der Waals surface area contributed by atoms with Crippen molar-refractivity contribution in [2.24, 2.45) is 0 Å². The molecule has 3 nitrogen and oxygen atoms in total. The summed E-state index contributed by atoms with van der Waals surface area (Å²) >= 11 is 0. The summed E-state index contributed by atoms with van der Waals surface area (Å²) in [4.78, 5) is 0. The topological polar surface area (TPSA) is 45.0 Å². The van der Waals surface area contributed by atoms with E-state index in [2.05, 4.69) is 18.3 Å². The quantitative estimate of drug-likeness (QED) is 0.827. The molecule has 1 N–H and O–H groups in total. The van der Waals surface area contributed by atoms with Gasteiger partial charge in [-0.25, -0.2) is 0 Å². The van der Waals surface area contributed by atoms with Crippen LogP contribution in [-0.4, -0.2) is 13.2 Å². The standard InChI is InChI=1S/C18H20N2O/c1-2-12-21-18-10-8-17(9-11-18)20-14-16(13-19)15-6-4-3-5-7-15/h3-11,16,20H,2,12,14H2,1H3. The SMILES string of the molecule is CCCOc1ccc(NCC(C#N)c2ccccc2)cc1. The van der Waals surface area contributed by atoms with E-state index in [1.165, 1.54) is 0 Å². The molecular formula is C18H20N2O. The van der Waals surface area contributed by atoms with Gasteiger partial charge in [-0.2, -0.15) is 5.26 Å². The third-order valence-electron chi connectivity index (χ3n) is 3.20. The molecule has 0 aliphatic carbocycles. The van der Waals surface area contributed by atoms with Crippen LogP contribution in [0.1, 0.15) is 24.8 Å². The van der Waals surface area contributed by atoms with Gasteiger partial charge in [-0.15, -0.1) is 0 Å². The molecule has 1 unspecified atom stereocenters. The van der Waals surface area contributed by atoms with Crippen LogP contribution in [0.4, 0.5) is 5.69 Å². The highest BCUT2D eigenvalue weighted by atomic mass is 16.5. The van der Waals surface area contributed by atoms with Gasteiger partial charge < -0.3 is 10.1 Å². The van der Waals surface area contributed by atoms with Crippen molar-refractivity contribution in [1.82, 2.24) is 0 Å². The predicted molar refractivity (Wildman–Crippen MR) is 85.5 cm³/mol. The van der Waals surface area contributed by atoms with Gasteiger partial charge in [-0.3, -0.25) is 0 Å². The van der Waals surface area contributed by atoms with Gasteiger partial charge in [0, 0.05) is 12.2 Å². The van der Waals surface area contributed by atoms with Gasteiger partial charge in [0.15, 0.2) is 0 Å². The monoisotopic (exact) mass is 280 g/mol. The molecule has 108 valence electrons. The smallest absolute Gasteiger partial charge is 0.119 e. The summed E-state index contributed by atoms with van der Waals surface area (Å²) in [6.45, 7) is 3.41. The highest BCUT2D eigenvalue weighted by molar-refractivity contribution is 5.47. The zero-order valence-corrected chi connectivity index (χ0v) is 12.3. The Hall–Kier alpha value is -2.47. The van der Waals surface area contributed by atoms with Crippen molar-refractivity contribution >= 4 is 5.69 Å². The van der Waals surface area contributed by atoms with Crippen LogP contribution < -0.4 is 10.1 Å². The second-order valence-corrected chi connectivity index (χ2v) is 4.85. The number of hydrogen-bond donors (Lipinski definition) is 1. The minimum absolute atomic E-state index is 0.151. The summed E-state index contributed by atoms with van der Waals surface area (Å²) in [7, 11) is 0. The first-order valence-corrected chi connectivity index (χ1v) is 7.24. The lowest BCUT2D eigenvalue weighted by Crippen LogP contribution is -2.11. The van der Waals surface area contributed by atoms with Gasteiger partial charge in [-0.05, 0) is 36.2 Å². The number of rotatable bonds is 7. The van der Waals surface area contributed by atoms with Crippen LogP contribution in [0.5, 0.6) is 5.75 Å². The van der Waals surface area contributed by atoms with E-state index in [1.54, 1.807) is 0 Å². The Morgan fingerprint density at radius 2 is 1.81 bits per heavy atom. The number of benzene rings is 2. The molecule has 0 saturated heterocycles. The van der Waals surface area contributed by atoms with Gasteiger partial charge in [0.1, 0.15) is 5.75 Å². The van der Waals surface area contributed by atoms with E-state index in [9.17, 15) is 5.26 Å². The summed E-state index contributed by atoms with van der Waals surface area (Å²) in [5, 5.41) is 12.6. The zero-order valence-electron chi connectivity index (χ0n) is 12.3. The van der Waals surface area contributed by atoms with Crippen molar-refractivity contribution < 1.29 is 4.74 Å². The molecule has 0 radical (unpaired) electrons. The first-order chi connectivity index (χ1) is 10.3. The molecule has 0 aliphatic heterocycles. The molecule has 0 heterocycles. The Kier molecular flexibility index (Phi) is 5.66. The van der Waals surface area contributed by atoms with Gasteiger partial charge in [0.25, 0.3) is 0 Å². The van der Waals surface area contributed by atoms with Crippen LogP contribution in [0.3, 0.4) is 0 Å². The number of nitrogens with zero attached hydrogens (tertiary/aromatic N) is 1. The average Bonchev–Trinajstić information content (AvgIpc) is 2.55. The molecule has 0 saturated carbocycles. The van der Waals surface area contributed by atoms with E-state index in [4.69, 9.17) is 4.74 Å². The van der Waals surface area contributed by atoms with Crippen molar-refractivity contribution in [3.8, 4) is 11.8 Å². The van der Waals surface area contributed by atoms with Crippen molar-refractivity contribution in [3.63, 3.8) is 0 Å². The molecule has 3 heteroatoms. The lowest BCUT2D eigenvalue weighted by molar-refractivity contribution is 0.317. The maximum absolute atomic E-state index is 9.29. The van der Waals surface area contributed by atoms with Crippen molar-refractivity contribution in [2.75, 3.05) is 18.5 Å². The molecular weight excluding hydrogens is 260 g/mol. The molecule has 2 aromatic rings. The zero-order chi connectivity index (χ0) is 14.9. The first-order valence-electron chi connectivity index (χ1n) is 7.24. The Balaban J connectivity index is 1.91. The number of hydrogen-bond acceptors (Lipinski definition) is 3. The van der Waals surface area contributed by atoms with Crippen LogP contribution in [0.25, 0.3) is 0 Å². The fourth-order valence-electron chi connectivity index (χ4n) is 2.03. The van der Waals surface area contributed by atoms with E-state index in [0.717, 1.165) is 30.0 Å². The van der Waals surface area contributed by atoms with Crippen LogP contribution in [0.2, 0.25) is 0 Å². The Bertz CT molecular complexity index is 572. The summed E-state index contributed by atoms with van der Waals surface area (Å²) in [5.41, 5.74) is 2.03. The summed E-state index contributed by atoms with van der Waals surface area (Å²) < 4.78 is 5.55. The van der Waals surface area contributed by atoms with Crippen LogP contribution >= 0.6 is 0 Å². The second kappa shape index (κ2) is 7.96. The minimum atomic E-state index is -0.151. The fraction of sp³-hybridized carbons (Fsp3) is 0.278. The van der Waals surface area contributed by atoms with E-state index < -0.39 is 0 Å². The number of ether oxygens (including phenoxy) is 1. The van der Waals surface area contributed by atoms with Gasteiger partial charge in [0.05, 0.1) is 18.6 Å². The van der Waals surface area contributed by atoms with Gasteiger partial charge in [-0.1, -0.05) is 37.3 Å². The molecule has 2 rings (SSSR count). The normalized spacial score (nSPS) is 11.4. The lowest BCUT2D eigenvalue weighted by Gasteiger charge is -2.12. The molecule has 0 amide bonds. The van der Waals surface area contributed by atoms with Crippen molar-refractivity contribution in [2.45, 2.75) is 19.3 Å². The van der Waals surface area contributed by atoms with Gasteiger partial charge >= 0.3 is 0 Å². The van der Waals surface area contributed by atoms with Crippen LogP contribution in [0, 0.1) is 11.3 Å². The van der Waals surface area contributed by atoms with Crippen LogP contribution in [0.15, 0.2) is 54.6 Å². The Morgan fingerprint density at radius 3 is 2.43 bits per heavy atom. The predicted octanol–water partition coefficient (Wildman–Crippen LogP) is 4.19. The van der Waals surface area contributed by atoms with E-state index in [-0.39, 0.29) is 5.92 Å². The number of nitriles is 1. The Morgan fingerprint density at radius 1 is 1.10 bits per heavy atom. The third-order valence-corrected chi connectivity index (χ3v) is 3.20. The number of anilines is 1. The van der Waals surface area contributed by atoms with Crippen molar-refractivity contribution in [1.29, 1.82) is 5.26 Å². The van der Waals surface area contributed by atoms with E-state index in [1.807, 2.05) is 54.6 Å². The highest BCUT2D eigenvalue weighted by Crippen LogP contribution is 2.19. The lowest BCUT2D eigenvalue weighted by atomic mass is 10.0. The maximum atomic E-state index is 9.29. The summed E-state index contributed by atoms with van der Waals surface area (Å²) in [6.07, 6.45) is 1.00. The second-order valence-electron chi connectivity index (χ2n) is 4.85. The van der Waals surface area contributed by atoms with E-state index >= 15 is 0 Å². The number of nitrogens with one attached hydrogen (secondary N) is 1. The molecule has 0 aliphatic rings.